The predicted molar refractivity (Wildman–Crippen MR) is 81.6 cm³/mol. The molecule has 0 radical (unpaired) electrons. The lowest BCUT2D eigenvalue weighted by Gasteiger charge is -2.12. The number of hydrogen-bond donors (Lipinski definition) is 0. The van der Waals surface area contributed by atoms with Crippen LogP contribution in [0, 0.1) is 10.1 Å². The first-order valence-electron chi connectivity index (χ1n) is 6.63. The van der Waals surface area contributed by atoms with Crippen LogP contribution in [-0.2, 0) is 6.61 Å². The van der Waals surface area contributed by atoms with Crippen molar-refractivity contribution in [1.29, 1.82) is 0 Å². The maximum Gasteiger partial charge on any atom is 0.276 e. The molecule has 3 aromatic rings. The second kappa shape index (κ2) is 5.69. The molecule has 0 N–H and O–H groups in total. The minimum Gasteiger partial charge on any atom is -0.409 e. The molecule has 0 unspecified atom stereocenters. The molecule has 0 spiro atoms. The first-order valence-corrected chi connectivity index (χ1v) is 6.63. The Bertz CT molecular complexity index is 902. The first-order chi connectivity index (χ1) is 10.7. The van der Waals surface area contributed by atoms with Crippen LogP contribution in [-0.4, -0.2) is 9.65 Å². The molecule has 0 amide bonds. The monoisotopic (exact) mass is 296 g/mol. The Hall–Kier alpha value is -3.15. The highest BCUT2D eigenvalue weighted by Gasteiger charge is 2.13. The average Bonchev–Trinajstić information content (AvgIpc) is 2.55. The number of aromatic nitrogens is 1. The molecule has 0 bridgehead atoms. The number of nitro benzene ring substituents is 1. The lowest BCUT2D eigenvalue weighted by atomic mass is 10.2. The van der Waals surface area contributed by atoms with Crippen molar-refractivity contribution in [2.24, 2.45) is 0 Å². The van der Waals surface area contributed by atoms with Crippen LogP contribution in [0.5, 0.6) is 0 Å². The van der Waals surface area contributed by atoms with E-state index in [-0.39, 0.29) is 17.7 Å². The molecule has 0 saturated carbocycles. The zero-order valence-electron chi connectivity index (χ0n) is 11.5. The number of rotatable bonds is 4. The Morgan fingerprint density at radius 3 is 2.59 bits per heavy atom. The van der Waals surface area contributed by atoms with Gasteiger partial charge in [-0.05, 0) is 18.2 Å². The van der Waals surface area contributed by atoms with E-state index < -0.39 is 4.92 Å². The molecule has 1 aromatic heterocycles. The first kappa shape index (κ1) is 13.8. The van der Waals surface area contributed by atoms with Crippen molar-refractivity contribution in [1.82, 2.24) is 4.73 Å². The van der Waals surface area contributed by atoms with Crippen LogP contribution >= 0.6 is 0 Å². The SMILES string of the molecule is O=c1ccn(OCc2ccccc2[N+](=O)[O-])c2ccccc12. The van der Waals surface area contributed by atoms with Crippen molar-refractivity contribution in [2.75, 3.05) is 0 Å². The second-order valence-electron chi connectivity index (χ2n) is 4.68. The summed E-state index contributed by atoms with van der Waals surface area (Å²) in [6.07, 6.45) is 1.51. The average molecular weight is 296 g/mol. The van der Waals surface area contributed by atoms with Gasteiger partial charge in [-0.3, -0.25) is 14.9 Å². The topological polar surface area (TPSA) is 74.4 Å². The van der Waals surface area contributed by atoms with E-state index in [2.05, 4.69) is 0 Å². The summed E-state index contributed by atoms with van der Waals surface area (Å²) in [5.41, 5.74) is 0.998. The molecule has 6 nitrogen and oxygen atoms in total. The number of pyridine rings is 1. The van der Waals surface area contributed by atoms with Crippen molar-refractivity contribution < 1.29 is 9.76 Å². The van der Waals surface area contributed by atoms with E-state index in [1.54, 1.807) is 42.5 Å². The van der Waals surface area contributed by atoms with Gasteiger partial charge in [0.15, 0.2) is 5.43 Å². The molecule has 6 heteroatoms. The van der Waals surface area contributed by atoms with Crippen molar-refractivity contribution in [3.05, 3.63) is 86.7 Å². The van der Waals surface area contributed by atoms with Gasteiger partial charge in [0.2, 0.25) is 0 Å². The molecule has 0 aliphatic rings. The zero-order chi connectivity index (χ0) is 15.5. The van der Waals surface area contributed by atoms with Gasteiger partial charge in [-0.15, -0.1) is 0 Å². The van der Waals surface area contributed by atoms with Gasteiger partial charge >= 0.3 is 0 Å². The van der Waals surface area contributed by atoms with E-state index >= 15 is 0 Å². The summed E-state index contributed by atoms with van der Waals surface area (Å²) in [5.74, 6) is 0. The van der Waals surface area contributed by atoms with Crippen molar-refractivity contribution in [3.63, 3.8) is 0 Å². The van der Waals surface area contributed by atoms with E-state index in [9.17, 15) is 14.9 Å². The predicted octanol–water partition coefficient (Wildman–Crippen LogP) is 2.54. The van der Waals surface area contributed by atoms with Crippen molar-refractivity contribution >= 4 is 16.6 Å². The zero-order valence-corrected chi connectivity index (χ0v) is 11.5. The van der Waals surface area contributed by atoms with Crippen LogP contribution in [0.15, 0.2) is 65.6 Å². The normalized spacial score (nSPS) is 10.5. The van der Waals surface area contributed by atoms with Gasteiger partial charge in [0, 0.05) is 23.7 Å². The summed E-state index contributed by atoms with van der Waals surface area (Å²) in [7, 11) is 0. The number of hydrogen-bond acceptors (Lipinski definition) is 4. The maximum atomic E-state index is 11.8. The Morgan fingerprint density at radius 2 is 1.77 bits per heavy atom. The van der Waals surface area contributed by atoms with Crippen molar-refractivity contribution in [3.8, 4) is 0 Å². The lowest BCUT2D eigenvalue weighted by molar-refractivity contribution is -0.385. The second-order valence-corrected chi connectivity index (χ2v) is 4.68. The van der Waals surface area contributed by atoms with Crippen LogP contribution < -0.4 is 10.3 Å². The minimum atomic E-state index is -0.442. The molecule has 22 heavy (non-hydrogen) atoms. The lowest BCUT2D eigenvalue weighted by Crippen LogP contribution is -2.16. The summed E-state index contributed by atoms with van der Waals surface area (Å²) in [4.78, 5) is 28.0. The van der Waals surface area contributed by atoms with E-state index in [0.29, 0.717) is 16.5 Å². The van der Waals surface area contributed by atoms with Crippen LogP contribution in [0.25, 0.3) is 10.9 Å². The summed E-state index contributed by atoms with van der Waals surface area (Å²) in [6, 6.07) is 14.8. The maximum absolute atomic E-state index is 11.8. The van der Waals surface area contributed by atoms with Crippen LogP contribution in [0.4, 0.5) is 5.69 Å². The molecule has 0 atom stereocenters. The Balaban J connectivity index is 1.94. The van der Waals surface area contributed by atoms with Crippen LogP contribution in [0.3, 0.4) is 0 Å². The van der Waals surface area contributed by atoms with Crippen LogP contribution in [0.1, 0.15) is 5.56 Å². The quantitative estimate of drug-likeness (QED) is 0.547. The number of benzene rings is 2. The Morgan fingerprint density at radius 1 is 1.05 bits per heavy atom. The van der Waals surface area contributed by atoms with Gasteiger partial charge in [-0.25, -0.2) is 0 Å². The summed E-state index contributed by atoms with van der Waals surface area (Å²) >= 11 is 0. The van der Waals surface area contributed by atoms with E-state index in [4.69, 9.17) is 4.84 Å². The Labute approximate surface area is 125 Å². The third kappa shape index (κ3) is 2.54. The van der Waals surface area contributed by atoms with Gasteiger partial charge in [-0.1, -0.05) is 24.3 Å². The number of nitro groups is 1. The molecule has 2 aromatic carbocycles. The van der Waals surface area contributed by atoms with Gasteiger partial charge < -0.3 is 4.84 Å². The van der Waals surface area contributed by atoms with Gasteiger partial charge in [0.25, 0.3) is 5.69 Å². The van der Waals surface area contributed by atoms with Crippen LogP contribution in [0.2, 0.25) is 0 Å². The molecule has 0 saturated heterocycles. The molecule has 0 aliphatic carbocycles. The summed E-state index contributed by atoms with van der Waals surface area (Å²) in [6.45, 7) is 0.0318. The third-order valence-corrected chi connectivity index (χ3v) is 3.32. The van der Waals surface area contributed by atoms with E-state index in [1.807, 2.05) is 0 Å². The van der Waals surface area contributed by atoms with Gasteiger partial charge in [0.05, 0.1) is 16.0 Å². The molecule has 0 fully saturated rings. The van der Waals surface area contributed by atoms with E-state index in [0.717, 1.165) is 0 Å². The smallest absolute Gasteiger partial charge is 0.276 e. The molecule has 1 heterocycles. The fraction of sp³-hybridized carbons (Fsp3) is 0.0625. The highest BCUT2D eigenvalue weighted by molar-refractivity contribution is 5.78. The fourth-order valence-electron chi connectivity index (χ4n) is 2.24. The van der Waals surface area contributed by atoms with Gasteiger partial charge in [0.1, 0.15) is 6.61 Å². The molecule has 3 rings (SSSR count). The van der Waals surface area contributed by atoms with Crippen molar-refractivity contribution in [2.45, 2.75) is 6.61 Å². The molecular weight excluding hydrogens is 284 g/mol. The molecular formula is C16H12N2O4. The van der Waals surface area contributed by atoms with Gasteiger partial charge in [-0.2, -0.15) is 4.73 Å². The summed E-state index contributed by atoms with van der Waals surface area (Å²) in [5, 5.41) is 11.5. The largest absolute Gasteiger partial charge is 0.409 e. The third-order valence-electron chi connectivity index (χ3n) is 3.32. The fourth-order valence-corrected chi connectivity index (χ4v) is 2.24. The summed E-state index contributed by atoms with van der Waals surface area (Å²) < 4.78 is 1.45. The minimum absolute atomic E-state index is 0.00727. The number of para-hydroxylation sites is 2. The number of nitrogens with zero attached hydrogens (tertiary/aromatic N) is 2. The standard InChI is InChI=1S/C16H12N2O4/c19-16-9-10-17(15-8-4-2-6-13(15)16)22-11-12-5-1-3-7-14(12)18(20)21/h1-10H,11H2. The highest BCUT2D eigenvalue weighted by Crippen LogP contribution is 2.18. The Kier molecular flexibility index (Phi) is 3.57. The highest BCUT2D eigenvalue weighted by atomic mass is 16.7. The number of fused-ring (bicyclic) bond motifs is 1. The molecule has 110 valence electrons. The molecule has 0 aliphatic heterocycles. The van der Waals surface area contributed by atoms with E-state index in [1.165, 1.54) is 23.1 Å².